The molecular formula is C25H27NO6S. The van der Waals surface area contributed by atoms with Gasteiger partial charge >= 0.3 is 5.97 Å². The molecule has 0 saturated heterocycles. The number of rotatable bonds is 7. The number of Topliss-reactive ketones (excluding diaryl/α,β-unsaturated/α-hetero) is 1. The van der Waals surface area contributed by atoms with E-state index in [4.69, 9.17) is 14.2 Å². The minimum absolute atomic E-state index is 0.00566. The normalized spacial score (nSPS) is 20.4. The summed E-state index contributed by atoms with van der Waals surface area (Å²) >= 11 is 1.65. The Morgan fingerprint density at radius 3 is 2.73 bits per heavy atom. The Bertz CT molecular complexity index is 1120. The van der Waals surface area contributed by atoms with Gasteiger partial charge < -0.3 is 24.6 Å². The number of hydrogen-bond donors (Lipinski definition) is 2. The van der Waals surface area contributed by atoms with Crippen LogP contribution in [0.25, 0.3) is 0 Å². The van der Waals surface area contributed by atoms with Gasteiger partial charge in [0.2, 0.25) is 0 Å². The molecule has 1 aliphatic heterocycles. The second kappa shape index (κ2) is 9.80. The first kappa shape index (κ1) is 23.1. The maximum atomic E-state index is 13.5. The van der Waals surface area contributed by atoms with Gasteiger partial charge in [-0.3, -0.25) is 4.79 Å². The van der Waals surface area contributed by atoms with E-state index in [0.29, 0.717) is 35.2 Å². The molecule has 33 heavy (non-hydrogen) atoms. The molecule has 0 unspecified atom stereocenters. The molecule has 2 atom stereocenters. The van der Waals surface area contributed by atoms with E-state index in [1.165, 1.54) is 25.2 Å². The van der Waals surface area contributed by atoms with Crippen LogP contribution < -0.4 is 10.1 Å². The number of phenolic OH excluding ortho intramolecular Hbond substituents is 1. The minimum Gasteiger partial charge on any atom is -0.504 e. The number of phenols is 1. The zero-order valence-electron chi connectivity index (χ0n) is 18.8. The summed E-state index contributed by atoms with van der Waals surface area (Å²) in [6.45, 7) is 2.21. The van der Waals surface area contributed by atoms with Crippen molar-refractivity contribution in [1.82, 2.24) is 5.32 Å². The highest BCUT2D eigenvalue weighted by Crippen LogP contribution is 2.47. The molecule has 0 amide bonds. The number of ketones is 1. The Morgan fingerprint density at radius 2 is 2.03 bits per heavy atom. The van der Waals surface area contributed by atoms with Crippen molar-refractivity contribution in [3.63, 3.8) is 0 Å². The topological polar surface area (TPSA) is 94.1 Å². The van der Waals surface area contributed by atoms with Gasteiger partial charge in [-0.15, -0.1) is 11.3 Å². The number of aromatic hydroxyl groups is 1. The molecule has 2 heterocycles. The fourth-order valence-electron chi connectivity index (χ4n) is 4.54. The molecule has 4 rings (SSSR count). The van der Waals surface area contributed by atoms with E-state index >= 15 is 0 Å². The van der Waals surface area contributed by atoms with Crippen LogP contribution in [0.5, 0.6) is 11.5 Å². The lowest BCUT2D eigenvalue weighted by molar-refractivity contribution is -0.140. The summed E-state index contributed by atoms with van der Waals surface area (Å²) in [5.41, 5.74) is 3.10. The van der Waals surface area contributed by atoms with E-state index in [-0.39, 0.29) is 36.4 Å². The first-order chi connectivity index (χ1) is 15.9. The lowest BCUT2D eigenvalue weighted by atomic mass is 9.72. The van der Waals surface area contributed by atoms with Crippen LogP contribution in [0.3, 0.4) is 0 Å². The maximum Gasteiger partial charge on any atom is 0.336 e. The third kappa shape index (κ3) is 4.54. The number of carbonyl (C=O) groups excluding carboxylic acids is 2. The smallest absolute Gasteiger partial charge is 0.336 e. The van der Waals surface area contributed by atoms with E-state index in [1.54, 1.807) is 23.5 Å². The number of methoxy groups -OCH3 is 2. The van der Waals surface area contributed by atoms with E-state index in [1.807, 2.05) is 18.4 Å². The molecule has 7 nitrogen and oxygen atoms in total. The predicted molar refractivity (Wildman–Crippen MR) is 124 cm³/mol. The third-order valence-electron chi connectivity index (χ3n) is 6.05. The molecule has 0 fully saturated rings. The molecule has 2 aromatic rings. The average Bonchev–Trinajstić information content (AvgIpc) is 3.33. The predicted octanol–water partition coefficient (Wildman–Crippen LogP) is 4.01. The van der Waals surface area contributed by atoms with Crippen LogP contribution in [0.1, 0.15) is 42.0 Å². The van der Waals surface area contributed by atoms with Crippen LogP contribution in [-0.4, -0.2) is 44.3 Å². The Hall–Kier alpha value is -3.10. The molecule has 1 aromatic heterocycles. The SMILES string of the molecule is COCCOC(=O)C1=C(C)NC2=C(C(=O)C[C@@H](c3cccs3)C2)[C@H]1c1ccc(O)c(OC)c1. The van der Waals surface area contributed by atoms with Gasteiger partial charge in [0.25, 0.3) is 0 Å². The average molecular weight is 470 g/mol. The largest absolute Gasteiger partial charge is 0.504 e. The molecule has 174 valence electrons. The van der Waals surface area contributed by atoms with Crippen molar-refractivity contribution in [3.8, 4) is 11.5 Å². The highest BCUT2D eigenvalue weighted by atomic mass is 32.1. The number of thiophene rings is 1. The number of ether oxygens (including phenoxy) is 3. The summed E-state index contributed by atoms with van der Waals surface area (Å²) < 4.78 is 15.7. The van der Waals surface area contributed by atoms with Crippen molar-refractivity contribution in [3.05, 3.63) is 68.7 Å². The van der Waals surface area contributed by atoms with E-state index in [9.17, 15) is 14.7 Å². The maximum absolute atomic E-state index is 13.5. The van der Waals surface area contributed by atoms with E-state index in [2.05, 4.69) is 11.4 Å². The first-order valence-corrected chi connectivity index (χ1v) is 11.6. The zero-order chi connectivity index (χ0) is 23.5. The molecule has 0 saturated carbocycles. The number of esters is 1. The number of dihydropyridines is 1. The number of hydrogen-bond acceptors (Lipinski definition) is 8. The van der Waals surface area contributed by atoms with Crippen molar-refractivity contribution < 1.29 is 28.9 Å². The molecule has 0 spiro atoms. The molecule has 8 heteroatoms. The molecule has 2 N–H and O–H groups in total. The summed E-state index contributed by atoms with van der Waals surface area (Å²) in [5, 5.41) is 15.4. The lowest BCUT2D eigenvalue weighted by Crippen LogP contribution is -2.36. The van der Waals surface area contributed by atoms with Gasteiger partial charge in [-0.1, -0.05) is 12.1 Å². The second-order valence-corrected chi connectivity index (χ2v) is 9.07. The zero-order valence-corrected chi connectivity index (χ0v) is 19.7. The molecule has 0 bridgehead atoms. The quantitative estimate of drug-likeness (QED) is 0.467. The van der Waals surface area contributed by atoms with Crippen LogP contribution in [0.2, 0.25) is 0 Å². The van der Waals surface area contributed by atoms with Crippen molar-refractivity contribution in [2.24, 2.45) is 0 Å². The first-order valence-electron chi connectivity index (χ1n) is 10.7. The van der Waals surface area contributed by atoms with Crippen LogP contribution in [0, 0.1) is 0 Å². The summed E-state index contributed by atoms with van der Waals surface area (Å²) in [7, 11) is 3.00. The number of nitrogens with one attached hydrogen (secondary N) is 1. The molecule has 1 aliphatic carbocycles. The van der Waals surface area contributed by atoms with Crippen LogP contribution in [-0.2, 0) is 19.1 Å². The molecule has 2 aliphatic rings. The number of benzene rings is 1. The van der Waals surface area contributed by atoms with Gasteiger partial charge in [0.15, 0.2) is 17.3 Å². The highest BCUT2D eigenvalue weighted by Gasteiger charge is 2.41. The van der Waals surface area contributed by atoms with Crippen molar-refractivity contribution in [1.29, 1.82) is 0 Å². The van der Waals surface area contributed by atoms with Crippen LogP contribution in [0.15, 0.2) is 58.3 Å². The fraction of sp³-hybridized carbons (Fsp3) is 0.360. The van der Waals surface area contributed by atoms with E-state index < -0.39 is 11.9 Å². The van der Waals surface area contributed by atoms with Gasteiger partial charge in [0, 0.05) is 47.2 Å². The number of allylic oxidation sites excluding steroid dienone is 3. The van der Waals surface area contributed by atoms with Gasteiger partial charge in [-0.2, -0.15) is 0 Å². The van der Waals surface area contributed by atoms with Gasteiger partial charge in [0.05, 0.1) is 19.3 Å². The minimum atomic E-state index is -0.623. The second-order valence-electron chi connectivity index (χ2n) is 8.09. The number of carbonyl (C=O) groups is 2. The van der Waals surface area contributed by atoms with Gasteiger partial charge in [-0.05, 0) is 42.5 Å². The van der Waals surface area contributed by atoms with Crippen molar-refractivity contribution >= 4 is 23.1 Å². The van der Waals surface area contributed by atoms with Crippen LogP contribution >= 0.6 is 11.3 Å². The summed E-state index contributed by atoms with van der Waals surface area (Å²) in [6.07, 6.45) is 1.05. The molecule has 1 aromatic carbocycles. The Morgan fingerprint density at radius 1 is 1.21 bits per heavy atom. The van der Waals surface area contributed by atoms with Gasteiger partial charge in [-0.25, -0.2) is 4.79 Å². The van der Waals surface area contributed by atoms with E-state index in [0.717, 1.165) is 5.70 Å². The summed E-state index contributed by atoms with van der Waals surface area (Å²) in [5.74, 6) is -0.772. The highest BCUT2D eigenvalue weighted by molar-refractivity contribution is 7.10. The third-order valence-corrected chi connectivity index (χ3v) is 7.09. The monoisotopic (exact) mass is 469 g/mol. The van der Waals surface area contributed by atoms with Crippen molar-refractivity contribution in [2.45, 2.75) is 31.6 Å². The van der Waals surface area contributed by atoms with Gasteiger partial charge in [0.1, 0.15) is 6.61 Å². The fourth-order valence-corrected chi connectivity index (χ4v) is 5.37. The Kier molecular flexibility index (Phi) is 6.85. The Labute approximate surface area is 196 Å². The summed E-state index contributed by atoms with van der Waals surface area (Å²) in [6, 6.07) is 8.95. The van der Waals surface area contributed by atoms with Crippen LogP contribution in [0.4, 0.5) is 0 Å². The summed E-state index contributed by atoms with van der Waals surface area (Å²) in [4.78, 5) is 27.8. The van der Waals surface area contributed by atoms with Crippen molar-refractivity contribution in [2.75, 3.05) is 27.4 Å². The Balaban J connectivity index is 1.79. The lowest BCUT2D eigenvalue weighted by Gasteiger charge is -2.36. The standard InChI is InChI=1S/C25H27NO6S/c1-14-22(25(29)32-9-8-30-2)23(15-6-7-18(27)20(13-15)31-3)24-17(26-14)11-16(12-19(24)28)21-5-4-10-33-21/h4-7,10,13,16,23,26-27H,8-9,11-12H2,1-3H3/t16-,23-/m0/s1. The molecule has 0 radical (unpaired) electrons. The molecular weight excluding hydrogens is 442 g/mol.